The Morgan fingerprint density at radius 2 is 1.81 bits per heavy atom. The zero-order valence-corrected chi connectivity index (χ0v) is 26.6. The molecule has 2 unspecified atom stereocenters. The number of aryl methyl sites for hydroxylation is 1. The molecule has 9 nitrogen and oxygen atoms in total. The molecule has 12 heteroatoms. The number of nitrogens with two attached hydrogens (primary N) is 1. The van der Waals surface area contributed by atoms with E-state index in [0.29, 0.717) is 52.9 Å². The Kier molecular flexibility index (Phi) is 8.07. The molecule has 1 aromatic heterocycles. The van der Waals surface area contributed by atoms with Gasteiger partial charge >= 0.3 is 6.18 Å². The van der Waals surface area contributed by atoms with Crippen LogP contribution in [0.3, 0.4) is 0 Å². The Labute approximate surface area is 272 Å². The van der Waals surface area contributed by atoms with E-state index in [9.17, 15) is 23.1 Å². The van der Waals surface area contributed by atoms with Crippen LogP contribution in [0.15, 0.2) is 42.6 Å². The van der Waals surface area contributed by atoms with Crippen LogP contribution < -0.4 is 21.1 Å². The zero-order valence-electron chi connectivity index (χ0n) is 26.6. The largest absolute Gasteiger partial charge is 0.495 e. The van der Waals surface area contributed by atoms with E-state index in [-0.39, 0.29) is 17.2 Å². The van der Waals surface area contributed by atoms with Crippen molar-refractivity contribution >= 4 is 29.0 Å². The van der Waals surface area contributed by atoms with Gasteiger partial charge in [0.15, 0.2) is 0 Å². The molecule has 1 amide bonds. The number of benzene rings is 2. The number of alkyl halides is 3. The first-order valence-corrected chi connectivity index (χ1v) is 16.4. The summed E-state index contributed by atoms with van der Waals surface area (Å²) in [5, 5.41) is 16.7. The Hall–Kier alpha value is -3.90. The molecule has 2 heterocycles. The van der Waals surface area contributed by atoms with Crippen LogP contribution in [-0.4, -0.2) is 57.7 Å². The van der Waals surface area contributed by atoms with Crippen LogP contribution >= 0.6 is 0 Å². The Balaban J connectivity index is 1.07. The SMILES string of the molecule is COc1cc(C2CCN([C@H]3C4CC5CC3C[C@@](O)(C5)C4)CC2)ccc1Nc1ncc(C(F)(F)F)c(Nc2c(C)cccc2C(N)=O)n1. The van der Waals surface area contributed by atoms with E-state index in [2.05, 4.69) is 25.5 Å². The molecule has 4 aliphatic carbocycles. The first kappa shape index (κ1) is 31.7. The normalized spacial score (nSPS) is 27.5. The summed E-state index contributed by atoms with van der Waals surface area (Å²) < 4.78 is 47.6. The third kappa shape index (κ3) is 6.13. The molecule has 0 radical (unpaired) electrons. The number of halogens is 3. The first-order valence-electron chi connectivity index (χ1n) is 16.4. The van der Waals surface area contributed by atoms with Crippen molar-refractivity contribution in [3.63, 3.8) is 0 Å². The van der Waals surface area contributed by atoms with Gasteiger partial charge in [-0.2, -0.15) is 18.2 Å². The molecule has 5 fully saturated rings. The van der Waals surface area contributed by atoms with Crippen LogP contribution in [0.2, 0.25) is 0 Å². The number of para-hydroxylation sites is 1. The number of aromatic nitrogens is 2. The number of carbonyl (C=O) groups excluding carboxylic acids is 1. The van der Waals surface area contributed by atoms with Crippen LogP contribution in [-0.2, 0) is 6.18 Å². The van der Waals surface area contributed by atoms with Gasteiger partial charge in [-0.05, 0) is 118 Å². The minimum atomic E-state index is -4.75. The van der Waals surface area contributed by atoms with Crippen molar-refractivity contribution in [1.29, 1.82) is 0 Å². The molecule has 4 bridgehead atoms. The number of ether oxygens (including phenoxy) is 1. The molecule has 5 aliphatic rings. The average molecular weight is 651 g/mol. The molecule has 5 N–H and O–H groups in total. The quantitative estimate of drug-likeness (QED) is 0.217. The fraction of sp³-hybridized carbons (Fsp3) is 0.514. The lowest BCUT2D eigenvalue weighted by Gasteiger charge is -2.61. The van der Waals surface area contributed by atoms with E-state index in [1.54, 1.807) is 26.2 Å². The Morgan fingerprint density at radius 3 is 2.45 bits per heavy atom. The van der Waals surface area contributed by atoms with Gasteiger partial charge in [-0.15, -0.1) is 0 Å². The summed E-state index contributed by atoms with van der Waals surface area (Å²) in [4.78, 5) is 22.8. The van der Waals surface area contributed by atoms with Gasteiger partial charge in [0.05, 0.1) is 29.6 Å². The lowest BCUT2D eigenvalue weighted by Crippen LogP contribution is -2.62. The van der Waals surface area contributed by atoms with E-state index in [1.807, 2.05) is 18.2 Å². The summed E-state index contributed by atoms with van der Waals surface area (Å²) in [6.07, 6.45) is 3.45. The number of carbonyl (C=O) groups is 1. The van der Waals surface area contributed by atoms with Crippen LogP contribution in [0.4, 0.5) is 36.3 Å². The monoisotopic (exact) mass is 650 g/mol. The Morgan fingerprint density at radius 1 is 1.09 bits per heavy atom. The number of piperidine rings is 1. The highest BCUT2D eigenvalue weighted by molar-refractivity contribution is 6.00. The average Bonchev–Trinajstić information content (AvgIpc) is 3.01. The molecule has 3 aromatic rings. The second-order valence-electron chi connectivity index (χ2n) is 14.0. The smallest absolute Gasteiger partial charge is 0.421 e. The van der Waals surface area contributed by atoms with E-state index < -0.39 is 29.1 Å². The van der Waals surface area contributed by atoms with E-state index >= 15 is 0 Å². The van der Waals surface area contributed by atoms with Gasteiger partial charge in [0, 0.05) is 12.2 Å². The van der Waals surface area contributed by atoms with Crippen LogP contribution in [0.5, 0.6) is 5.75 Å². The molecule has 2 atom stereocenters. The van der Waals surface area contributed by atoms with Gasteiger partial charge in [0.1, 0.15) is 17.1 Å². The number of nitrogens with one attached hydrogen (secondary N) is 2. The van der Waals surface area contributed by atoms with Crippen molar-refractivity contribution in [2.45, 2.75) is 75.6 Å². The van der Waals surface area contributed by atoms with E-state index in [1.165, 1.54) is 18.9 Å². The highest BCUT2D eigenvalue weighted by atomic mass is 19.4. The number of rotatable bonds is 8. The Bertz CT molecular complexity index is 1660. The summed E-state index contributed by atoms with van der Waals surface area (Å²) in [7, 11) is 1.55. The lowest BCUT2D eigenvalue weighted by atomic mass is 9.52. The summed E-state index contributed by atoms with van der Waals surface area (Å²) >= 11 is 0. The van der Waals surface area contributed by atoms with E-state index in [4.69, 9.17) is 10.5 Å². The minimum absolute atomic E-state index is 0.0472. The molecule has 0 spiro atoms. The lowest BCUT2D eigenvalue weighted by molar-refractivity contribution is -0.162. The number of amides is 1. The third-order valence-corrected chi connectivity index (χ3v) is 11.0. The number of nitrogens with zero attached hydrogens (tertiary/aromatic N) is 3. The number of methoxy groups -OCH3 is 1. The third-order valence-electron chi connectivity index (χ3n) is 11.0. The summed E-state index contributed by atoms with van der Waals surface area (Å²) in [5.74, 6) is 1.45. The highest BCUT2D eigenvalue weighted by Gasteiger charge is 2.56. The van der Waals surface area contributed by atoms with Gasteiger partial charge in [0.25, 0.3) is 5.91 Å². The second kappa shape index (κ2) is 12.0. The predicted molar refractivity (Wildman–Crippen MR) is 172 cm³/mol. The summed E-state index contributed by atoms with van der Waals surface area (Å²) in [6, 6.07) is 11.1. The van der Waals surface area contributed by atoms with Crippen molar-refractivity contribution in [1.82, 2.24) is 14.9 Å². The molecular formula is C35H41F3N6O3. The molecule has 4 saturated carbocycles. The van der Waals surface area contributed by atoms with Crippen LogP contribution in [0.1, 0.15) is 77.9 Å². The van der Waals surface area contributed by atoms with Gasteiger partial charge in [-0.3, -0.25) is 9.69 Å². The second-order valence-corrected chi connectivity index (χ2v) is 14.0. The molecule has 2 aromatic carbocycles. The van der Waals surface area contributed by atoms with Gasteiger partial charge in [-0.1, -0.05) is 18.2 Å². The summed E-state index contributed by atoms with van der Waals surface area (Å²) in [6.45, 7) is 3.72. The fourth-order valence-electron chi connectivity index (χ4n) is 9.17. The molecular weight excluding hydrogens is 609 g/mol. The number of hydrogen-bond donors (Lipinski definition) is 4. The number of primary amides is 1. The molecule has 8 rings (SSSR count). The van der Waals surface area contributed by atoms with Gasteiger partial charge < -0.3 is 26.2 Å². The maximum atomic E-state index is 14.0. The number of anilines is 4. The highest BCUT2D eigenvalue weighted by Crippen LogP contribution is 2.57. The standard InChI is InChI=1S/C35H41F3N6O3/c1-19-4-3-5-25(31(39)45)29(19)42-32-26(35(36,37)38)18-40-33(43-32)41-27-7-6-22(14-28(27)47-2)21-8-10-44(11-9-21)30-23-12-20-13-24(30)17-34(46,15-20)16-23/h3-7,14,18,20-21,23-24,30,46H,8-13,15-17H2,1-2H3,(H2,39,45)(H2,40,41,42,43)/t20?,23?,24?,30-,34+. The molecule has 1 saturated heterocycles. The topological polar surface area (TPSA) is 126 Å². The zero-order chi connectivity index (χ0) is 33.1. The number of likely N-dealkylation sites (tertiary alicyclic amines) is 1. The predicted octanol–water partition coefficient (Wildman–Crippen LogP) is 6.52. The van der Waals surface area contributed by atoms with Gasteiger partial charge in [0.2, 0.25) is 5.95 Å². The van der Waals surface area contributed by atoms with Crippen molar-refractivity contribution in [2.24, 2.45) is 23.5 Å². The molecule has 1 aliphatic heterocycles. The van der Waals surface area contributed by atoms with E-state index in [0.717, 1.165) is 50.8 Å². The van der Waals surface area contributed by atoms with Gasteiger partial charge in [-0.25, -0.2) is 4.98 Å². The van der Waals surface area contributed by atoms with Crippen molar-refractivity contribution < 1.29 is 27.8 Å². The maximum Gasteiger partial charge on any atom is 0.421 e. The minimum Gasteiger partial charge on any atom is -0.495 e. The van der Waals surface area contributed by atoms with Crippen molar-refractivity contribution in [3.05, 3.63) is 64.8 Å². The number of hydrogen-bond acceptors (Lipinski definition) is 8. The van der Waals surface area contributed by atoms with Crippen molar-refractivity contribution in [3.8, 4) is 5.75 Å². The van der Waals surface area contributed by atoms with Crippen LogP contribution in [0.25, 0.3) is 0 Å². The maximum absolute atomic E-state index is 14.0. The molecule has 250 valence electrons. The fourth-order valence-corrected chi connectivity index (χ4v) is 9.17. The van der Waals surface area contributed by atoms with Crippen LogP contribution in [0, 0.1) is 24.7 Å². The van der Waals surface area contributed by atoms with Crippen molar-refractivity contribution in [2.75, 3.05) is 30.8 Å². The summed E-state index contributed by atoms with van der Waals surface area (Å²) in [5.41, 5.74) is 6.37. The number of aliphatic hydroxyl groups is 1. The molecule has 47 heavy (non-hydrogen) atoms. The first-order chi connectivity index (χ1) is 22.4.